The van der Waals surface area contributed by atoms with Gasteiger partial charge in [0.2, 0.25) is 5.91 Å². The number of nitrogens with one attached hydrogen (secondary N) is 1. The second-order valence-electron chi connectivity index (χ2n) is 6.17. The molecule has 0 saturated carbocycles. The van der Waals surface area contributed by atoms with Gasteiger partial charge >= 0.3 is 0 Å². The van der Waals surface area contributed by atoms with Crippen molar-refractivity contribution in [1.29, 1.82) is 0 Å². The Morgan fingerprint density at radius 1 is 1.22 bits per heavy atom. The lowest BCUT2D eigenvalue weighted by Gasteiger charge is -2.31. The van der Waals surface area contributed by atoms with Crippen LogP contribution in [-0.4, -0.2) is 61.9 Å². The molecule has 0 unspecified atom stereocenters. The van der Waals surface area contributed by atoms with Crippen LogP contribution in [-0.2, 0) is 4.79 Å². The fourth-order valence-corrected chi connectivity index (χ4v) is 2.67. The highest BCUT2D eigenvalue weighted by molar-refractivity contribution is 5.94. The molecule has 23 heavy (non-hydrogen) atoms. The van der Waals surface area contributed by atoms with Crippen molar-refractivity contribution in [2.45, 2.75) is 12.8 Å². The van der Waals surface area contributed by atoms with E-state index in [1.54, 1.807) is 4.90 Å². The highest BCUT2D eigenvalue weighted by Gasteiger charge is 2.27. The maximum atomic E-state index is 12.9. The zero-order chi connectivity index (χ0) is 16.8. The summed E-state index contributed by atoms with van der Waals surface area (Å²) in [5.41, 5.74) is 0.486. The quantitative estimate of drug-likeness (QED) is 0.891. The Hall–Kier alpha value is -1.95. The van der Waals surface area contributed by atoms with Crippen molar-refractivity contribution in [3.63, 3.8) is 0 Å². The molecular formula is C17H24FN3O2. The van der Waals surface area contributed by atoms with Crippen molar-refractivity contribution in [2.24, 2.45) is 5.92 Å². The molecule has 0 bridgehead atoms. The van der Waals surface area contributed by atoms with Crippen molar-refractivity contribution < 1.29 is 14.0 Å². The summed E-state index contributed by atoms with van der Waals surface area (Å²) in [7, 11) is 3.93. The maximum Gasteiger partial charge on any atom is 0.253 e. The first kappa shape index (κ1) is 17.4. The van der Waals surface area contributed by atoms with E-state index in [1.807, 2.05) is 19.0 Å². The summed E-state index contributed by atoms with van der Waals surface area (Å²) in [6, 6.07) is 5.58. The molecule has 6 heteroatoms. The molecule has 5 nitrogen and oxygen atoms in total. The van der Waals surface area contributed by atoms with Crippen LogP contribution in [0.15, 0.2) is 24.3 Å². The van der Waals surface area contributed by atoms with Gasteiger partial charge in [0.25, 0.3) is 5.91 Å². The van der Waals surface area contributed by atoms with Crippen molar-refractivity contribution >= 4 is 11.8 Å². The van der Waals surface area contributed by atoms with Crippen molar-refractivity contribution in [2.75, 3.05) is 40.3 Å². The summed E-state index contributed by atoms with van der Waals surface area (Å²) in [5.74, 6) is -0.415. The SMILES string of the molecule is CN(C)CCNC(=O)C1CCN(C(=O)c2ccc(F)cc2)CC1. The van der Waals surface area contributed by atoms with E-state index >= 15 is 0 Å². The van der Waals surface area contributed by atoms with Crippen LogP contribution in [0.4, 0.5) is 4.39 Å². The summed E-state index contributed by atoms with van der Waals surface area (Å²) in [5, 5.41) is 2.94. The Labute approximate surface area is 136 Å². The van der Waals surface area contributed by atoms with Crippen LogP contribution in [0.25, 0.3) is 0 Å². The number of piperidine rings is 1. The summed E-state index contributed by atoms with van der Waals surface area (Å²) >= 11 is 0. The lowest BCUT2D eigenvalue weighted by molar-refractivity contribution is -0.126. The number of carbonyl (C=O) groups excluding carboxylic acids is 2. The number of halogens is 1. The molecule has 2 rings (SSSR count). The largest absolute Gasteiger partial charge is 0.355 e. The number of benzene rings is 1. The van der Waals surface area contributed by atoms with Crippen LogP contribution in [0.1, 0.15) is 23.2 Å². The van der Waals surface area contributed by atoms with Gasteiger partial charge in [-0.05, 0) is 51.2 Å². The van der Waals surface area contributed by atoms with Crippen molar-refractivity contribution in [1.82, 2.24) is 15.1 Å². The second kappa shape index (κ2) is 8.06. The van der Waals surface area contributed by atoms with Crippen LogP contribution >= 0.6 is 0 Å². The summed E-state index contributed by atoms with van der Waals surface area (Å²) in [6.45, 7) is 2.57. The third kappa shape index (κ3) is 5.03. The monoisotopic (exact) mass is 321 g/mol. The highest BCUT2D eigenvalue weighted by atomic mass is 19.1. The topological polar surface area (TPSA) is 52.7 Å². The molecule has 126 valence electrons. The molecule has 0 spiro atoms. The summed E-state index contributed by atoms with van der Waals surface area (Å²) in [6.07, 6.45) is 1.33. The number of likely N-dealkylation sites (tertiary alicyclic amines) is 1. The van der Waals surface area contributed by atoms with Crippen LogP contribution in [0.5, 0.6) is 0 Å². The Morgan fingerprint density at radius 3 is 2.39 bits per heavy atom. The van der Waals surface area contributed by atoms with Crippen LogP contribution in [0.2, 0.25) is 0 Å². The first-order valence-electron chi connectivity index (χ1n) is 7.94. The third-order valence-electron chi connectivity index (χ3n) is 4.10. The molecule has 0 atom stereocenters. The minimum Gasteiger partial charge on any atom is -0.355 e. The van der Waals surface area contributed by atoms with Crippen LogP contribution in [0.3, 0.4) is 0 Å². The van der Waals surface area contributed by atoms with E-state index in [2.05, 4.69) is 5.32 Å². The third-order valence-corrected chi connectivity index (χ3v) is 4.10. The molecule has 1 N–H and O–H groups in total. The number of rotatable bonds is 5. The van der Waals surface area contributed by atoms with Crippen molar-refractivity contribution in [3.8, 4) is 0 Å². The van der Waals surface area contributed by atoms with E-state index in [9.17, 15) is 14.0 Å². The number of carbonyl (C=O) groups is 2. The van der Waals surface area contributed by atoms with Gasteiger partial charge in [-0.15, -0.1) is 0 Å². The lowest BCUT2D eigenvalue weighted by atomic mass is 9.95. The number of hydrogen-bond acceptors (Lipinski definition) is 3. The predicted octanol–water partition coefficient (Wildman–Crippen LogP) is 1.36. The van der Waals surface area contributed by atoms with Gasteiger partial charge in [0.1, 0.15) is 5.82 Å². The summed E-state index contributed by atoms with van der Waals surface area (Å²) in [4.78, 5) is 28.2. The first-order chi connectivity index (χ1) is 11.0. The fourth-order valence-electron chi connectivity index (χ4n) is 2.67. The Bertz CT molecular complexity index is 537. The summed E-state index contributed by atoms with van der Waals surface area (Å²) < 4.78 is 12.9. The molecule has 1 aliphatic rings. The van der Waals surface area contributed by atoms with E-state index < -0.39 is 0 Å². The normalized spacial score (nSPS) is 15.7. The van der Waals surface area contributed by atoms with Gasteiger partial charge in [0.15, 0.2) is 0 Å². The second-order valence-corrected chi connectivity index (χ2v) is 6.17. The van der Waals surface area contributed by atoms with Gasteiger partial charge < -0.3 is 15.1 Å². The number of amides is 2. The van der Waals surface area contributed by atoms with Gasteiger partial charge in [0, 0.05) is 37.7 Å². The average molecular weight is 321 g/mol. The molecule has 1 aromatic rings. The standard InChI is InChI=1S/C17H24FN3O2/c1-20(2)12-9-19-16(22)13-7-10-21(11-8-13)17(23)14-3-5-15(18)6-4-14/h3-6,13H,7-12H2,1-2H3,(H,19,22). The Morgan fingerprint density at radius 2 is 1.83 bits per heavy atom. The van der Waals surface area contributed by atoms with Gasteiger partial charge in [0.05, 0.1) is 0 Å². The van der Waals surface area contributed by atoms with Gasteiger partial charge in [-0.25, -0.2) is 4.39 Å². The van der Waals surface area contributed by atoms with E-state index in [0.717, 1.165) is 6.54 Å². The molecule has 1 heterocycles. The van der Waals surface area contributed by atoms with Crippen LogP contribution in [0, 0.1) is 11.7 Å². The van der Waals surface area contributed by atoms with Crippen molar-refractivity contribution in [3.05, 3.63) is 35.6 Å². The van der Waals surface area contributed by atoms with Gasteiger partial charge in [-0.1, -0.05) is 0 Å². The van der Waals surface area contributed by atoms with E-state index in [1.165, 1.54) is 24.3 Å². The fraction of sp³-hybridized carbons (Fsp3) is 0.529. The molecule has 1 aromatic carbocycles. The zero-order valence-corrected chi connectivity index (χ0v) is 13.7. The van der Waals surface area contributed by atoms with Gasteiger partial charge in [-0.3, -0.25) is 9.59 Å². The maximum absolute atomic E-state index is 12.9. The molecule has 2 amide bonds. The molecule has 0 aromatic heterocycles. The highest BCUT2D eigenvalue weighted by Crippen LogP contribution is 2.19. The molecular weight excluding hydrogens is 297 g/mol. The number of hydrogen-bond donors (Lipinski definition) is 1. The molecule has 1 fully saturated rings. The number of nitrogens with zero attached hydrogens (tertiary/aromatic N) is 2. The Balaban J connectivity index is 1.80. The molecule has 1 saturated heterocycles. The molecule has 1 aliphatic heterocycles. The molecule has 0 radical (unpaired) electrons. The lowest BCUT2D eigenvalue weighted by Crippen LogP contribution is -2.44. The first-order valence-corrected chi connectivity index (χ1v) is 7.94. The van der Waals surface area contributed by atoms with E-state index in [-0.39, 0.29) is 23.5 Å². The van der Waals surface area contributed by atoms with Crippen LogP contribution < -0.4 is 5.32 Å². The Kier molecular flexibility index (Phi) is 6.10. The number of likely N-dealkylation sites (N-methyl/N-ethyl adjacent to an activating group) is 1. The minimum atomic E-state index is -0.352. The smallest absolute Gasteiger partial charge is 0.253 e. The zero-order valence-electron chi connectivity index (χ0n) is 13.7. The molecule has 0 aliphatic carbocycles. The predicted molar refractivity (Wildman–Crippen MR) is 86.6 cm³/mol. The van der Waals surface area contributed by atoms with E-state index in [0.29, 0.717) is 38.0 Å². The van der Waals surface area contributed by atoms with E-state index in [4.69, 9.17) is 0 Å². The van der Waals surface area contributed by atoms with Gasteiger partial charge in [-0.2, -0.15) is 0 Å². The minimum absolute atomic E-state index is 0.0329. The average Bonchev–Trinajstić information content (AvgIpc) is 2.54.